The molecule has 0 aromatic carbocycles. The number of hydrogen-bond donors (Lipinski definition) is 1. The summed E-state index contributed by atoms with van der Waals surface area (Å²) in [5.74, 6) is 4.45. The minimum absolute atomic E-state index is 0.551. The van der Waals surface area contributed by atoms with Crippen molar-refractivity contribution in [1.82, 2.24) is 9.78 Å². The summed E-state index contributed by atoms with van der Waals surface area (Å²) in [6, 6.07) is 0.551. The van der Waals surface area contributed by atoms with Crippen molar-refractivity contribution in [3.05, 3.63) is 10.2 Å². The van der Waals surface area contributed by atoms with Gasteiger partial charge in [-0.1, -0.05) is 20.3 Å². The van der Waals surface area contributed by atoms with Crippen LogP contribution in [0.25, 0.3) is 0 Å². The third-order valence-electron chi connectivity index (χ3n) is 5.78. The Bertz CT molecular complexity index is 522. The number of halogens is 1. The molecule has 0 radical (unpaired) electrons. The number of rotatable bonds is 2. The maximum absolute atomic E-state index is 5.06. The molecular weight excluding hydrogens is 314 g/mol. The number of nitrogens with one attached hydrogen (secondary N) is 1. The van der Waals surface area contributed by atoms with Crippen LogP contribution in [0.3, 0.4) is 0 Å². The third kappa shape index (κ3) is 1.87. The lowest BCUT2D eigenvalue weighted by molar-refractivity contribution is 0.317. The van der Waals surface area contributed by atoms with E-state index in [1.807, 2.05) is 0 Å². The van der Waals surface area contributed by atoms with Crippen LogP contribution in [0.2, 0.25) is 0 Å². The second kappa shape index (κ2) is 4.75. The maximum atomic E-state index is 5.06. The summed E-state index contributed by atoms with van der Waals surface area (Å²) in [7, 11) is 0. The second-order valence-electron chi connectivity index (χ2n) is 7.30. The molecule has 0 saturated heterocycles. The van der Waals surface area contributed by atoms with Crippen molar-refractivity contribution >= 4 is 21.7 Å². The fourth-order valence-electron chi connectivity index (χ4n) is 4.72. The quantitative estimate of drug-likeness (QED) is 0.857. The molecule has 3 aliphatic rings. The molecule has 2 aliphatic carbocycles. The van der Waals surface area contributed by atoms with Crippen molar-refractivity contribution in [2.45, 2.75) is 57.9 Å². The van der Waals surface area contributed by atoms with Crippen molar-refractivity contribution in [3.8, 4) is 0 Å². The summed E-state index contributed by atoms with van der Waals surface area (Å²) < 4.78 is 3.53. The number of nitrogens with zero attached hydrogens (tertiary/aromatic N) is 2. The minimum Gasteiger partial charge on any atom is -0.369 e. The van der Waals surface area contributed by atoms with E-state index >= 15 is 0 Å². The highest BCUT2D eigenvalue weighted by Gasteiger charge is 2.43. The fourth-order valence-corrected chi connectivity index (χ4v) is 5.42. The van der Waals surface area contributed by atoms with Gasteiger partial charge in [0.15, 0.2) is 0 Å². The standard InChI is InChI=1S/C16H24BrN3/c1-9(2)13-5-6-18-16-14(17)15(19-20(13)16)12-8-10-3-4-11(12)7-10/h9-13,18H,3-8H2,1-2H3. The zero-order chi connectivity index (χ0) is 13.9. The van der Waals surface area contributed by atoms with Crippen LogP contribution >= 0.6 is 15.9 Å². The molecular formula is C16H24BrN3. The molecule has 1 aliphatic heterocycles. The highest BCUT2D eigenvalue weighted by atomic mass is 79.9. The summed E-state index contributed by atoms with van der Waals surface area (Å²) in [5.41, 5.74) is 1.34. The largest absolute Gasteiger partial charge is 0.369 e. The molecule has 2 heterocycles. The van der Waals surface area contributed by atoms with Crippen molar-refractivity contribution in [2.24, 2.45) is 17.8 Å². The van der Waals surface area contributed by atoms with E-state index in [0.717, 1.165) is 18.4 Å². The van der Waals surface area contributed by atoms with Gasteiger partial charge < -0.3 is 5.32 Å². The Morgan fingerprint density at radius 3 is 2.75 bits per heavy atom. The Morgan fingerprint density at radius 2 is 2.10 bits per heavy atom. The molecule has 2 bridgehead atoms. The van der Waals surface area contributed by atoms with Crippen LogP contribution in [-0.4, -0.2) is 16.3 Å². The van der Waals surface area contributed by atoms with E-state index in [1.165, 1.54) is 48.1 Å². The highest BCUT2D eigenvalue weighted by molar-refractivity contribution is 9.10. The van der Waals surface area contributed by atoms with Crippen LogP contribution in [0.1, 0.15) is 63.6 Å². The fraction of sp³-hybridized carbons (Fsp3) is 0.812. The van der Waals surface area contributed by atoms with Gasteiger partial charge in [0.25, 0.3) is 0 Å². The van der Waals surface area contributed by atoms with E-state index in [0.29, 0.717) is 17.9 Å². The average Bonchev–Trinajstić information content (AvgIpc) is 3.12. The summed E-state index contributed by atoms with van der Waals surface area (Å²) in [4.78, 5) is 0. The molecule has 0 amide bonds. The van der Waals surface area contributed by atoms with Crippen LogP contribution in [0.4, 0.5) is 5.82 Å². The third-order valence-corrected chi connectivity index (χ3v) is 6.56. The Hall–Kier alpha value is -0.510. The predicted molar refractivity (Wildman–Crippen MR) is 85.1 cm³/mol. The van der Waals surface area contributed by atoms with Gasteiger partial charge in [-0.2, -0.15) is 5.10 Å². The van der Waals surface area contributed by atoms with Crippen molar-refractivity contribution in [2.75, 3.05) is 11.9 Å². The molecule has 4 rings (SSSR count). The summed E-state index contributed by atoms with van der Waals surface area (Å²) in [6.07, 6.45) is 6.88. The number of aromatic nitrogens is 2. The average molecular weight is 338 g/mol. The van der Waals surface area contributed by atoms with Crippen LogP contribution < -0.4 is 5.32 Å². The zero-order valence-electron chi connectivity index (χ0n) is 12.4. The van der Waals surface area contributed by atoms with E-state index in [-0.39, 0.29) is 0 Å². The summed E-state index contributed by atoms with van der Waals surface area (Å²) >= 11 is 3.85. The maximum Gasteiger partial charge on any atom is 0.139 e. The van der Waals surface area contributed by atoms with Crippen LogP contribution in [0, 0.1) is 17.8 Å². The second-order valence-corrected chi connectivity index (χ2v) is 8.09. The molecule has 110 valence electrons. The van der Waals surface area contributed by atoms with Gasteiger partial charge in [0.1, 0.15) is 5.82 Å². The van der Waals surface area contributed by atoms with Crippen molar-refractivity contribution in [3.63, 3.8) is 0 Å². The molecule has 4 unspecified atom stereocenters. The molecule has 4 atom stereocenters. The predicted octanol–water partition coefficient (Wildman–Crippen LogP) is 4.56. The van der Waals surface area contributed by atoms with E-state index in [4.69, 9.17) is 5.10 Å². The number of anilines is 1. The van der Waals surface area contributed by atoms with Gasteiger partial charge in [0, 0.05) is 12.5 Å². The molecule has 4 heteroatoms. The lowest BCUT2D eigenvalue weighted by Gasteiger charge is -2.28. The molecule has 1 aromatic heterocycles. The van der Waals surface area contributed by atoms with E-state index in [2.05, 4.69) is 39.8 Å². The van der Waals surface area contributed by atoms with Gasteiger partial charge in [0.05, 0.1) is 16.2 Å². The molecule has 1 N–H and O–H groups in total. The number of fused-ring (bicyclic) bond motifs is 3. The highest BCUT2D eigenvalue weighted by Crippen LogP contribution is 2.54. The van der Waals surface area contributed by atoms with Gasteiger partial charge in [-0.15, -0.1) is 0 Å². The first-order valence-electron chi connectivity index (χ1n) is 8.17. The monoisotopic (exact) mass is 337 g/mol. The van der Waals surface area contributed by atoms with Gasteiger partial charge >= 0.3 is 0 Å². The number of hydrogen-bond acceptors (Lipinski definition) is 2. The lowest BCUT2D eigenvalue weighted by Crippen LogP contribution is -2.27. The smallest absolute Gasteiger partial charge is 0.139 e. The lowest BCUT2D eigenvalue weighted by atomic mass is 9.86. The SMILES string of the molecule is CC(C)C1CCNc2c(Br)c(C3CC4CCC3C4)nn21. The van der Waals surface area contributed by atoms with E-state index < -0.39 is 0 Å². The van der Waals surface area contributed by atoms with Crippen LogP contribution in [0.15, 0.2) is 4.47 Å². The Labute approximate surface area is 129 Å². The first-order chi connectivity index (χ1) is 9.65. The summed E-state index contributed by atoms with van der Waals surface area (Å²) in [6.45, 7) is 5.70. The Balaban J connectivity index is 1.72. The van der Waals surface area contributed by atoms with Gasteiger partial charge in [0.2, 0.25) is 0 Å². The molecule has 3 nitrogen and oxygen atoms in total. The van der Waals surface area contributed by atoms with Crippen LogP contribution in [0.5, 0.6) is 0 Å². The molecule has 20 heavy (non-hydrogen) atoms. The Kier molecular flexibility index (Phi) is 3.13. The van der Waals surface area contributed by atoms with E-state index in [9.17, 15) is 0 Å². The molecule has 2 fully saturated rings. The van der Waals surface area contributed by atoms with Crippen LogP contribution in [-0.2, 0) is 0 Å². The first kappa shape index (κ1) is 13.2. The first-order valence-corrected chi connectivity index (χ1v) is 8.96. The summed E-state index contributed by atoms with van der Waals surface area (Å²) in [5, 5.41) is 8.62. The van der Waals surface area contributed by atoms with E-state index in [1.54, 1.807) is 0 Å². The normalized spacial score (nSPS) is 35.4. The topological polar surface area (TPSA) is 29.9 Å². The van der Waals surface area contributed by atoms with Gasteiger partial charge in [-0.05, 0) is 59.4 Å². The van der Waals surface area contributed by atoms with Crippen molar-refractivity contribution < 1.29 is 0 Å². The van der Waals surface area contributed by atoms with Gasteiger partial charge in [-0.3, -0.25) is 0 Å². The Morgan fingerprint density at radius 1 is 1.25 bits per heavy atom. The van der Waals surface area contributed by atoms with Crippen molar-refractivity contribution in [1.29, 1.82) is 0 Å². The van der Waals surface area contributed by atoms with Gasteiger partial charge in [-0.25, -0.2) is 4.68 Å². The molecule has 2 saturated carbocycles. The zero-order valence-corrected chi connectivity index (χ0v) is 14.0. The minimum atomic E-state index is 0.551. The molecule has 1 aromatic rings. The molecule has 0 spiro atoms.